The van der Waals surface area contributed by atoms with Crippen molar-refractivity contribution in [3.63, 3.8) is 0 Å². The van der Waals surface area contributed by atoms with E-state index < -0.39 is 16.7 Å². The lowest BCUT2D eigenvalue weighted by Gasteiger charge is -2.07. The van der Waals surface area contributed by atoms with Crippen molar-refractivity contribution in [2.24, 2.45) is 0 Å². The molecule has 0 aliphatic carbocycles. The summed E-state index contributed by atoms with van der Waals surface area (Å²) in [4.78, 5) is 33.4. The van der Waals surface area contributed by atoms with E-state index in [1.807, 2.05) is 0 Å². The standard InChI is InChI=1S/C12H8ClN3O5/c13-9-4-3-7(16(19)20)6-8(9)11(17)14-15-12(18)10-2-1-5-21-10/h1-6H,(H,14,17)(H,15,18). The number of amides is 2. The third kappa shape index (κ3) is 3.37. The lowest BCUT2D eigenvalue weighted by atomic mass is 10.2. The van der Waals surface area contributed by atoms with Gasteiger partial charge in [0.2, 0.25) is 0 Å². The SMILES string of the molecule is O=C(NNC(=O)c1cc([N+](=O)[O-])ccc1Cl)c1ccco1. The zero-order valence-corrected chi connectivity index (χ0v) is 11.1. The fourth-order valence-electron chi connectivity index (χ4n) is 1.45. The van der Waals surface area contributed by atoms with Crippen molar-refractivity contribution in [2.45, 2.75) is 0 Å². The Kier molecular flexibility index (Phi) is 4.19. The van der Waals surface area contributed by atoms with Gasteiger partial charge < -0.3 is 4.42 Å². The van der Waals surface area contributed by atoms with E-state index in [0.29, 0.717) is 0 Å². The van der Waals surface area contributed by atoms with Gasteiger partial charge in [0.1, 0.15) is 0 Å². The van der Waals surface area contributed by atoms with E-state index in [2.05, 4.69) is 10.9 Å². The van der Waals surface area contributed by atoms with E-state index >= 15 is 0 Å². The normalized spacial score (nSPS) is 9.95. The number of benzene rings is 1. The Morgan fingerprint density at radius 2 is 1.90 bits per heavy atom. The molecular weight excluding hydrogens is 302 g/mol. The molecule has 9 heteroatoms. The summed E-state index contributed by atoms with van der Waals surface area (Å²) >= 11 is 5.80. The van der Waals surface area contributed by atoms with Crippen LogP contribution in [0.5, 0.6) is 0 Å². The zero-order valence-electron chi connectivity index (χ0n) is 10.3. The van der Waals surface area contributed by atoms with Gasteiger partial charge in [-0.1, -0.05) is 11.6 Å². The number of furan rings is 1. The van der Waals surface area contributed by atoms with Gasteiger partial charge in [-0.2, -0.15) is 0 Å². The quantitative estimate of drug-likeness (QED) is 0.664. The van der Waals surface area contributed by atoms with E-state index in [-0.39, 0.29) is 22.0 Å². The predicted molar refractivity (Wildman–Crippen MR) is 71.7 cm³/mol. The zero-order chi connectivity index (χ0) is 15.4. The van der Waals surface area contributed by atoms with Crippen molar-refractivity contribution in [1.29, 1.82) is 0 Å². The minimum Gasteiger partial charge on any atom is -0.459 e. The number of hydrazine groups is 1. The number of nitro benzene ring substituents is 1. The van der Waals surface area contributed by atoms with Gasteiger partial charge >= 0.3 is 5.91 Å². The summed E-state index contributed by atoms with van der Waals surface area (Å²) in [5, 5.41) is 10.7. The van der Waals surface area contributed by atoms with Gasteiger partial charge in [-0.25, -0.2) is 0 Å². The van der Waals surface area contributed by atoms with Crippen LogP contribution < -0.4 is 10.9 Å². The molecule has 0 aliphatic rings. The summed E-state index contributed by atoms with van der Waals surface area (Å²) in [7, 11) is 0. The lowest BCUT2D eigenvalue weighted by molar-refractivity contribution is -0.384. The second kappa shape index (κ2) is 6.06. The fourth-order valence-corrected chi connectivity index (χ4v) is 1.65. The lowest BCUT2D eigenvalue weighted by Crippen LogP contribution is -2.41. The first-order valence-corrected chi connectivity index (χ1v) is 5.95. The van der Waals surface area contributed by atoms with Crippen LogP contribution in [0, 0.1) is 10.1 Å². The smallest absolute Gasteiger partial charge is 0.305 e. The van der Waals surface area contributed by atoms with Crippen LogP contribution in [-0.4, -0.2) is 16.7 Å². The van der Waals surface area contributed by atoms with Crippen molar-refractivity contribution in [1.82, 2.24) is 10.9 Å². The van der Waals surface area contributed by atoms with Crippen molar-refractivity contribution >= 4 is 29.1 Å². The van der Waals surface area contributed by atoms with Gasteiger partial charge in [0.05, 0.1) is 21.8 Å². The van der Waals surface area contributed by atoms with Crippen LogP contribution in [0.25, 0.3) is 0 Å². The molecule has 0 atom stereocenters. The molecule has 8 nitrogen and oxygen atoms in total. The maximum Gasteiger partial charge on any atom is 0.305 e. The molecule has 2 rings (SSSR count). The number of hydrogen-bond donors (Lipinski definition) is 2. The number of carbonyl (C=O) groups excluding carboxylic acids is 2. The van der Waals surface area contributed by atoms with E-state index in [0.717, 1.165) is 6.07 Å². The summed E-state index contributed by atoms with van der Waals surface area (Å²) in [6.07, 6.45) is 1.30. The third-order valence-corrected chi connectivity index (χ3v) is 2.77. The Morgan fingerprint density at radius 1 is 1.19 bits per heavy atom. The molecule has 2 aromatic rings. The molecule has 0 spiro atoms. The molecule has 1 aromatic heterocycles. The molecule has 0 aliphatic heterocycles. The van der Waals surface area contributed by atoms with Gasteiger partial charge in [0, 0.05) is 12.1 Å². The number of nitro groups is 1. The first kappa shape index (κ1) is 14.5. The van der Waals surface area contributed by atoms with Crippen molar-refractivity contribution in [3.05, 3.63) is 63.1 Å². The average Bonchev–Trinajstić information content (AvgIpc) is 2.98. The molecule has 2 N–H and O–H groups in total. The molecule has 1 heterocycles. The highest BCUT2D eigenvalue weighted by molar-refractivity contribution is 6.34. The third-order valence-electron chi connectivity index (χ3n) is 2.44. The number of rotatable bonds is 3. The topological polar surface area (TPSA) is 114 Å². The summed E-state index contributed by atoms with van der Waals surface area (Å²) in [6, 6.07) is 6.32. The minimum absolute atomic E-state index is 0.000407. The number of carbonyl (C=O) groups is 2. The summed E-state index contributed by atoms with van der Waals surface area (Å²) in [5.41, 5.74) is 3.76. The monoisotopic (exact) mass is 309 g/mol. The van der Waals surface area contributed by atoms with E-state index in [4.69, 9.17) is 16.0 Å². The molecule has 0 unspecified atom stereocenters. The molecule has 21 heavy (non-hydrogen) atoms. The Morgan fingerprint density at radius 3 is 2.52 bits per heavy atom. The first-order chi connectivity index (χ1) is 9.99. The molecule has 0 saturated heterocycles. The molecular formula is C12H8ClN3O5. The highest BCUT2D eigenvalue weighted by Crippen LogP contribution is 2.21. The molecule has 108 valence electrons. The Labute approximate surface area is 122 Å². The van der Waals surface area contributed by atoms with Crippen LogP contribution in [0.4, 0.5) is 5.69 Å². The van der Waals surface area contributed by atoms with Crippen LogP contribution in [-0.2, 0) is 0 Å². The number of nitrogens with one attached hydrogen (secondary N) is 2. The van der Waals surface area contributed by atoms with Crippen LogP contribution in [0.15, 0.2) is 41.0 Å². The summed E-state index contributed by atoms with van der Waals surface area (Å²) in [6.45, 7) is 0. The molecule has 1 aromatic carbocycles. The largest absolute Gasteiger partial charge is 0.459 e. The Balaban J connectivity index is 2.08. The van der Waals surface area contributed by atoms with E-state index in [1.165, 1.54) is 30.5 Å². The maximum atomic E-state index is 11.9. The average molecular weight is 310 g/mol. The number of hydrogen-bond acceptors (Lipinski definition) is 5. The highest BCUT2D eigenvalue weighted by Gasteiger charge is 2.17. The fraction of sp³-hybridized carbons (Fsp3) is 0. The van der Waals surface area contributed by atoms with Gasteiger partial charge in [0.25, 0.3) is 11.6 Å². The number of non-ortho nitro benzene ring substituents is 1. The van der Waals surface area contributed by atoms with Gasteiger partial charge in [-0.3, -0.25) is 30.6 Å². The summed E-state index contributed by atoms with van der Waals surface area (Å²) in [5.74, 6) is -1.46. The van der Waals surface area contributed by atoms with Gasteiger partial charge in [-0.05, 0) is 18.2 Å². The van der Waals surface area contributed by atoms with Gasteiger partial charge in [0.15, 0.2) is 5.76 Å². The predicted octanol–water partition coefficient (Wildman–Crippen LogP) is 1.92. The Hall–Kier alpha value is -2.87. The van der Waals surface area contributed by atoms with E-state index in [1.54, 1.807) is 0 Å². The van der Waals surface area contributed by atoms with Crippen LogP contribution in [0.3, 0.4) is 0 Å². The molecule has 0 radical (unpaired) electrons. The molecule has 0 saturated carbocycles. The number of halogens is 1. The van der Waals surface area contributed by atoms with E-state index in [9.17, 15) is 19.7 Å². The van der Waals surface area contributed by atoms with Crippen LogP contribution >= 0.6 is 11.6 Å². The maximum absolute atomic E-state index is 11.9. The molecule has 0 fully saturated rings. The van der Waals surface area contributed by atoms with Crippen molar-refractivity contribution in [2.75, 3.05) is 0 Å². The van der Waals surface area contributed by atoms with Crippen molar-refractivity contribution in [3.8, 4) is 0 Å². The van der Waals surface area contributed by atoms with Gasteiger partial charge in [-0.15, -0.1) is 0 Å². The van der Waals surface area contributed by atoms with Crippen LogP contribution in [0.2, 0.25) is 5.02 Å². The molecule has 2 amide bonds. The minimum atomic E-state index is -0.788. The second-order valence-electron chi connectivity index (χ2n) is 3.81. The highest BCUT2D eigenvalue weighted by atomic mass is 35.5. The summed E-state index contributed by atoms with van der Waals surface area (Å²) < 4.78 is 4.83. The first-order valence-electron chi connectivity index (χ1n) is 5.57. The van der Waals surface area contributed by atoms with Crippen LogP contribution in [0.1, 0.15) is 20.9 Å². The van der Waals surface area contributed by atoms with Crippen molar-refractivity contribution < 1.29 is 18.9 Å². The second-order valence-corrected chi connectivity index (χ2v) is 4.21. The Bertz CT molecular complexity index is 699. The number of nitrogens with zero attached hydrogens (tertiary/aromatic N) is 1. The molecule has 0 bridgehead atoms.